The molecule has 1 aliphatic heterocycles. The van der Waals surface area contributed by atoms with Crippen LogP contribution in [-0.4, -0.2) is 59.3 Å². The molecule has 0 amide bonds. The molecule has 202 valence electrons. The molecule has 5 rings (SSSR count). The molecular formula is C29H44O7. The Bertz CT molecular complexity index is 861. The van der Waals surface area contributed by atoms with E-state index in [4.69, 9.17) is 14.2 Å². The van der Waals surface area contributed by atoms with Crippen molar-refractivity contribution in [3.8, 4) is 0 Å². The first-order chi connectivity index (χ1) is 17.1. The number of aliphatic hydroxyl groups is 2. The van der Waals surface area contributed by atoms with Gasteiger partial charge in [-0.05, 0) is 99.7 Å². The summed E-state index contributed by atoms with van der Waals surface area (Å²) in [5.41, 5.74) is 0.0474. The monoisotopic (exact) mass is 504 g/mol. The van der Waals surface area contributed by atoms with Crippen molar-refractivity contribution in [1.82, 2.24) is 0 Å². The van der Waals surface area contributed by atoms with Crippen molar-refractivity contribution < 1.29 is 34.0 Å². The van der Waals surface area contributed by atoms with Crippen molar-refractivity contribution in [3.05, 3.63) is 12.7 Å². The maximum Gasteiger partial charge on any atom is 0.303 e. The van der Waals surface area contributed by atoms with E-state index in [9.17, 15) is 19.8 Å². The molecule has 13 atom stereocenters. The highest BCUT2D eigenvalue weighted by molar-refractivity contribution is 5.66. The van der Waals surface area contributed by atoms with Gasteiger partial charge in [-0.1, -0.05) is 13.0 Å². The van der Waals surface area contributed by atoms with E-state index in [1.165, 1.54) is 38.9 Å². The van der Waals surface area contributed by atoms with Crippen molar-refractivity contribution in [3.63, 3.8) is 0 Å². The quantitative estimate of drug-likeness (QED) is 0.254. The first-order valence-corrected chi connectivity index (χ1v) is 14.1. The second kappa shape index (κ2) is 9.79. The molecule has 2 N–H and O–H groups in total. The molecule has 0 radical (unpaired) electrons. The minimum Gasteiger partial charge on any atom is -0.457 e. The molecule has 0 unspecified atom stereocenters. The van der Waals surface area contributed by atoms with E-state index < -0.39 is 36.7 Å². The number of carbonyl (C=O) groups is 2. The van der Waals surface area contributed by atoms with Gasteiger partial charge in [0.15, 0.2) is 12.4 Å². The van der Waals surface area contributed by atoms with Crippen LogP contribution in [0, 0.1) is 40.4 Å². The molecular weight excluding hydrogens is 460 g/mol. The lowest BCUT2D eigenvalue weighted by Crippen LogP contribution is -2.60. The molecule has 0 bridgehead atoms. The Morgan fingerprint density at radius 1 is 1.06 bits per heavy atom. The predicted molar refractivity (Wildman–Crippen MR) is 133 cm³/mol. The van der Waals surface area contributed by atoms with Gasteiger partial charge < -0.3 is 29.2 Å². The highest BCUT2D eigenvalue weighted by Crippen LogP contribution is 2.67. The van der Waals surface area contributed by atoms with Gasteiger partial charge in [-0.15, -0.1) is 6.58 Å². The molecule has 5 aliphatic rings. The molecule has 4 saturated carbocycles. The Morgan fingerprint density at radius 3 is 2.53 bits per heavy atom. The molecule has 7 nitrogen and oxygen atoms in total. The normalized spacial score (nSPS) is 52.4. The molecule has 0 aromatic rings. The van der Waals surface area contributed by atoms with Gasteiger partial charge in [0.25, 0.3) is 0 Å². The Labute approximate surface area is 214 Å². The summed E-state index contributed by atoms with van der Waals surface area (Å²) in [5.74, 6) is 2.08. The molecule has 5 fully saturated rings. The fraction of sp³-hybridized carbons (Fsp3) is 0.862. The highest BCUT2D eigenvalue weighted by Gasteiger charge is 2.61. The third-order valence-electron chi connectivity index (χ3n) is 11.2. The smallest absolute Gasteiger partial charge is 0.303 e. The Balaban J connectivity index is 1.26. The number of aliphatic hydroxyl groups excluding tert-OH is 2. The van der Waals surface area contributed by atoms with Crippen LogP contribution < -0.4 is 0 Å². The van der Waals surface area contributed by atoms with Crippen LogP contribution in [0.4, 0.5) is 0 Å². The summed E-state index contributed by atoms with van der Waals surface area (Å²) >= 11 is 0. The summed E-state index contributed by atoms with van der Waals surface area (Å²) in [6.45, 7) is 9.57. The van der Waals surface area contributed by atoms with E-state index >= 15 is 0 Å². The van der Waals surface area contributed by atoms with Crippen LogP contribution in [0.1, 0.15) is 78.6 Å². The van der Waals surface area contributed by atoms with Gasteiger partial charge >= 0.3 is 5.97 Å². The number of esters is 1. The standard InChI is InChI=1S/C29H44O7/c1-5-18-7-9-22-21-8-6-19-14-20(10-13-29(19,15-30)23(21)11-12-28(18,22)4)36-27-25(33)24(32)26(16(2)34-27)35-17(3)31/h5,15-16,18-27,32-33H,1,6-14H2,2-4H3/t16-,18-,19-,20-,21-,22-,23-,24-,25-,26+,27-,28+,29+/m1/s1. The number of aldehydes is 1. The zero-order valence-corrected chi connectivity index (χ0v) is 22.0. The Kier molecular flexibility index (Phi) is 7.16. The predicted octanol–water partition coefficient (Wildman–Crippen LogP) is 3.79. The minimum absolute atomic E-state index is 0.144. The number of rotatable bonds is 5. The summed E-state index contributed by atoms with van der Waals surface area (Å²) < 4.78 is 17.2. The van der Waals surface area contributed by atoms with Crippen molar-refractivity contribution in [2.24, 2.45) is 40.4 Å². The molecule has 4 aliphatic carbocycles. The first-order valence-electron chi connectivity index (χ1n) is 14.1. The molecule has 0 spiro atoms. The van der Waals surface area contributed by atoms with Crippen molar-refractivity contribution >= 4 is 12.3 Å². The van der Waals surface area contributed by atoms with Crippen LogP contribution >= 0.6 is 0 Å². The molecule has 1 saturated heterocycles. The number of hydrogen-bond donors (Lipinski definition) is 2. The average molecular weight is 505 g/mol. The second-order valence-electron chi connectivity index (χ2n) is 12.6. The third-order valence-corrected chi connectivity index (χ3v) is 11.2. The minimum atomic E-state index is -1.31. The van der Waals surface area contributed by atoms with Gasteiger partial charge in [0.05, 0.1) is 12.2 Å². The number of ether oxygens (including phenoxy) is 3. The molecule has 36 heavy (non-hydrogen) atoms. The van der Waals surface area contributed by atoms with Gasteiger partial charge in [-0.25, -0.2) is 0 Å². The van der Waals surface area contributed by atoms with E-state index in [1.54, 1.807) is 6.92 Å². The van der Waals surface area contributed by atoms with Gasteiger partial charge in [-0.2, -0.15) is 0 Å². The summed E-state index contributed by atoms with van der Waals surface area (Å²) in [7, 11) is 0. The van der Waals surface area contributed by atoms with E-state index in [0.717, 1.165) is 32.1 Å². The van der Waals surface area contributed by atoms with Crippen molar-refractivity contribution in [2.45, 2.75) is 115 Å². The first kappa shape index (κ1) is 26.3. The number of fused-ring (bicyclic) bond motifs is 5. The highest BCUT2D eigenvalue weighted by atomic mass is 16.7. The van der Waals surface area contributed by atoms with Gasteiger partial charge in [-0.3, -0.25) is 4.79 Å². The maximum atomic E-state index is 12.8. The van der Waals surface area contributed by atoms with Gasteiger partial charge in [0.2, 0.25) is 0 Å². The second-order valence-corrected chi connectivity index (χ2v) is 12.6. The Morgan fingerprint density at radius 2 is 1.83 bits per heavy atom. The topological polar surface area (TPSA) is 102 Å². The third kappa shape index (κ3) is 4.09. The fourth-order valence-electron chi connectivity index (χ4n) is 9.35. The lowest BCUT2D eigenvalue weighted by molar-refractivity contribution is -0.310. The van der Waals surface area contributed by atoms with Crippen molar-refractivity contribution in [1.29, 1.82) is 0 Å². The number of hydrogen-bond acceptors (Lipinski definition) is 7. The molecule has 0 aromatic carbocycles. The van der Waals surface area contributed by atoms with E-state index in [2.05, 4.69) is 19.6 Å². The zero-order valence-electron chi connectivity index (χ0n) is 22.0. The van der Waals surface area contributed by atoms with Crippen LogP contribution in [-0.2, 0) is 23.8 Å². The summed E-state index contributed by atoms with van der Waals surface area (Å²) in [6, 6.07) is 0. The lowest BCUT2D eigenvalue weighted by atomic mass is 9.44. The summed E-state index contributed by atoms with van der Waals surface area (Å²) in [6.07, 6.45) is 7.51. The maximum absolute atomic E-state index is 12.8. The summed E-state index contributed by atoms with van der Waals surface area (Å²) in [5, 5.41) is 21.2. The largest absolute Gasteiger partial charge is 0.457 e. The van der Waals surface area contributed by atoms with E-state index in [0.29, 0.717) is 29.1 Å². The van der Waals surface area contributed by atoms with E-state index in [-0.39, 0.29) is 17.4 Å². The van der Waals surface area contributed by atoms with Gasteiger partial charge in [0, 0.05) is 12.3 Å². The number of allylic oxidation sites excluding steroid dienone is 1. The van der Waals surface area contributed by atoms with Crippen LogP contribution in [0.2, 0.25) is 0 Å². The van der Waals surface area contributed by atoms with E-state index in [1.807, 2.05) is 0 Å². The number of carbonyl (C=O) groups excluding carboxylic acids is 2. The van der Waals surface area contributed by atoms with Crippen LogP contribution in [0.3, 0.4) is 0 Å². The van der Waals surface area contributed by atoms with Crippen LogP contribution in [0.15, 0.2) is 12.7 Å². The summed E-state index contributed by atoms with van der Waals surface area (Å²) in [4.78, 5) is 24.2. The lowest BCUT2D eigenvalue weighted by Gasteiger charge is -2.60. The molecule has 7 heteroatoms. The van der Waals surface area contributed by atoms with Crippen molar-refractivity contribution in [2.75, 3.05) is 0 Å². The van der Waals surface area contributed by atoms with Gasteiger partial charge in [0.1, 0.15) is 18.5 Å². The van der Waals surface area contributed by atoms with Crippen LogP contribution in [0.5, 0.6) is 0 Å². The molecule has 1 heterocycles. The molecule has 0 aromatic heterocycles. The van der Waals surface area contributed by atoms with Crippen LogP contribution in [0.25, 0.3) is 0 Å². The average Bonchev–Trinajstić information content (AvgIpc) is 3.21. The zero-order chi connectivity index (χ0) is 25.8. The Hall–Kier alpha value is -1.28. The fourth-order valence-corrected chi connectivity index (χ4v) is 9.35. The SMILES string of the molecule is C=C[C@@H]1CC[C@@H]2[C@H]3CC[C@@H]4C[C@H](O[C@H]5O[C@H](C)[C@H](OC(C)=O)[C@H](O)[C@H]5O)CC[C@@]4(C=O)[C@@H]3CC[C@@]12C.